The number of hydrogen-bond donors (Lipinski definition) is 0. The molecule has 0 atom stereocenters. The smallest absolute Gasteiger partial charge is 0.329 e. The fourth-order valence-corrected chi connectivity index (χ4v) is 3.36. The van der Waals surface area contributed by atoms with Crippen molar-refractivity contribution in [3.63, 3.8) is 0 Å². The summed E-state index contributed by atoms with van der Waals surface area (Å²) in [5.74, 6) is -0.743. The molecule has 0 spiro atoms. The molecule has 4 rings (SSSR count). The van der Waals surface area contributed by atoms with Gasteiger partial charge in [0.25, 0.3) is 0 Å². The molecule has 4 heterocycles. The quantitative estimate of drug-likeness (QED) is 0.468. The third-order valence-electron chi connectivity index (χ3n) is 3.74. The van der Waals surface area contributed by atoms with Gasteiger partial charge in [-0.05, 0) is 12.1 Å². The summed E-state index contributed by atoms with van der Waals surface area (Å²) in [5, 5.41) is 20.4. The number of aromatic nitrogens is 6. The first-order chi connectivity index (χ1) is 14.4. The summed E-state index contributed by atoms with van der Waals surface area (Å²) in [4.78, 5) is 14.5. The average molecular weight is 430 g/mol. The Labute approximate surface area is 170 Å². The molecule has 0 aliphatic carbocycles. The van der Waals surface area contributed by atoms with Crippen molar-refractivity contribution in [2.45, 2.75) is 12.7 Å². The predicted octanol–water partition coefficient (Wildman–Crippen LogP) is 3.61. The van der Waals surface area contributed by atoms with Gasteiger partial charge in [0.2, 0.25) is 5.82 Å². The zero-order valence-corrected chi connectivity index (χ0v) is 15.6. The van der Waals surface area contributed by atoms with E-state index in [1.165, 1.54) is 36.1 Å². The fourth-order valence-electron chi connectivity index (χ4n) is 2.44. The van der Waals surface area contributed by atoms with E-state index >= 15 is 0 Å². The highest BCUT2D eigenvalue weighted by Gasteiger charge is 2.38. The van der Waals surface area contributed by atoms with Crippen LogP contribution in [0.4, 0.5) is 24.8 Å². The van der Waals surface area contributed by atoms with Crippen LogP contribution in [0.2, 0.25) is 0 Å². The number of alkyl halides is 3. The highest BCUT2D eigenvalue weighted by Crippen LogP contribution is 2.33. The molecule has 0 N–H and O–H groups in total. The third-order valence-corrected chi connectivity index (χ3v) is 4.80. The van der Waals surface area contributed by atoms with E-state index in [-0.39, 0.29) is 12.4 Å². The number of halogens is 3. The van der Waals surface area contributed by atoms with Crippen molar-refractivity contribution in [3.05, 3.63) is 59.3 Å². The molecule has 0 radical (unpaired) electrons. The Balaban J connectivity index is 1.64. The minimum absolute atomic E-state index is 0.157. The molecule has 30 heavy (non-hydrogen) atoms. The van der Waals surface area contributed by atoms with E-state index in [2.05, 4.69) is 34.8 Å². The van der Waals surface area contributed by atoms with E-state index in [9.17, 15) is 13.2 Å². The van der Waals surface area contributed by atoms with Crippen LogP contribution in [0, 0.1) is 11.3 Å². The predicted molar refractivity (Wildman–Crippen MR) is 97.2 cm³/mol. The molecule has 0 amide bonds. The highest BCUT2D eigenvalue weighted by molar-refractivity contribution is 7.15. The number of hydrogen-bond acceptors (Lipinski definition) is 10. The Hall–Kier alpha value is -3.92. The van der Waals surface area contributed by atoms with Gasteiger partial charge in [-0.3, -0.25) is 4.98 Å². The van der Waals surface area contributed by atoms with Crippen LogP contribution in [0.25, 0.3) is 10.7 Å². The summed E-state index contributed by atoms with van der Waals surface area (Å²) in [7, 11) is 0. The zero-order valence-electron chi connectivity index (χ0n) is 14.8. The lowest BCUT2D eigenvalue weighted by atomic mass is 10.3. The molecule has 4 aromatic rings. The monoisotopic (exact) mass is 430 g/mol. The zero-order chi connectivity index (χ0) is 21.1. The second-order valence-corrected chi connectivity index (χ2v) is 6.92. The number of nitrogens with zero attached hydrogens (tertiary/aromatic N) is 8. The van der Waals surface area contributed by atoms with Crippen molar-refractivity contribution in [2.24, 2.45) is 0 Å². The lowest BCUT2D eigenvalue weighted by molar-refractivity contribution is -0.159. The van der Waals surface area contributed by atoms with Gasteiger partial charge < -0.3 is 9.42 Å². The maximum Gasteiger partial charge on any atom is 0.471 e. The van der Waals surface area contributed by atoms with Gasteiger partial charge in [0, 0.05) is 23.3 Å². The van der Waals surface area contributed by atoms with Crippen LogP contribution >= 0.6 is 11.3 Å². The molecule has 0 saturated heterocycles. The number of rotatable bonds is 5. The SMILES string of the molecule is N#Cc1cnnc(N(Cc2ccc(-c3noc(C(F)(F)F)n3)s2)c2cnccn2)c1. The molecule has 0 aromatic carbocycles. The van der Waals surface area contributed by atoms with Crippen molar-refractivity contribution >= 4 is 23.0 Å². The molecule has 150 valence electrons. The minimum Gasteiger partial charge on any atom is -0.329 e. The second-order valence-electron chi connectivity index (χ2n) is 5.75. The van der Waals surface area contributed by atoms with Crippen LogP contribution in [0.15, 0.2) is 47.5 Å². The average Bonchev–Trinajstić information content (AvgIpc) is 3.42. The van der Waals surface area contributed by atoms with Crippen LogP contribution < -0.4 is 4.90 Å². The van der Waals surface area contributed by atoms with Gasteiger partial charge in [-0.2, -0.15) is 28.5 Å². The summed E-state index contributed by atoms with van der Waals surface area (Å²) >= 11 is 1.18. The lowest BCUT2D eigenvalue weighted by Gasteiger charge is -2.21. The van der Waals surface area contributed by atoms with Crippen LogP contribution in [0.3, 0.4) is 0 Å². The molecular weight excluding hydrogens is 421 g/mol. The largest absolute Gasteiger partial charge is 0.471 e. The van der Waals surface area contributed by atoms with E-state index in [0.29, 0.717) is 22.1 Å². The lowest BCUT2D eigenvalue weighted by Crippen LogP contribution is -2.19. The maximum atomic E-state index is 12.7. The van der Waals surface area contributed by atoms with Gasteiger partial charge in [0.15, 0.2) is 11.6 Å². The molecule has 13 heteroatoms. The Morgan fingerprint density at radius 1 is 1.17 bits per heavy atom. The molecule has 0 saturated carbocycles. The maximum absolute atomic E-state index is 12.7. The van der Waals surface area contributed by atoms with Crippen LogP contribution in [0.1, 0.15) is 16.3 Å². The van der Waals surface area contributed by atoms with Gasteiger partial charge in [0.05, 0.1) is 29.4 Å². The van der Waals surface area contributed by atoms with Gasteiger partial charge in [-0.1, -0.05) is 5.16 Å². The summed E-state index contributed by atoms with van der Waals surface area (Å²) in [6, 6.07) is 6.85. The number of thiophene rings is 1. The van der Waals surface area contributed by atoms with Crippen LogP contribution in [-0.2, 0) is 12.7 Å². The first-order valence-electron chi connectivity index (χ1n) is 8.20. The molecule has 0 aliphatic heterocycles. The van der Waals surface area contributed by atoms with E-state index in [0.717, 1.165) is 4.88 Å². The van der Waals surface area contributed by atoms with Crippen molar-refractivity contribution < 1.29 is 17.7 Å². The number of nitriles is 1. The first kappa shape index (κ1) is 19.4. The van der Waals surface area contributed by atoms with Gasteiger partial charge in [0.1, 0.15) is 6.07 Å². The summed E-state index contributed by atoms with van der Waals surface area (Å²) < 4.78 is 42.3. The second kappa shape index (κ2) is 7.84. The van der Waals surface area contributed by atoms with Gasteiger partial charge in [-0.25, -0.2) is 4.98 Å². The normalized spacial score (nSPS) is 11.3. The topological polar surface area (TPSA) is 118 Å². The third kappa shape index (κ3) is 4.08. The number of anilines is 2. The van der Waals surface area contributed by atoms with E-state index in [4.69, 9.17) is 5.26 Å². The van der Waals surface area contributed by atoms with Crippen molar-refractivity contribution in [1.29, 1.82) is 5.26 Å². The Morgan fingerprint density at radius 3 is 2.73 bits per heavy atom. The molecule has 4 aromatic heterocycles. The van der Waals surface area contributed by atoms with E-state index < -0.39 is 12.1 Å². The highest BCUT2D eigenvalue weighted by atomic mass is 32.1. The Morgan fingerprint density at radius 2 is 2.03 bits per heavy atom. The summed E-state index contributed by atoms with van der Waals surface area (Å²) in [6.45, 7) is 0.247. The minimum atomic E-state index is -4.71. The first-order valence-corrected chi connectivity index (χ1v) is 9.02. The molecule has 0 aliphatic rings. The van der Waals surface area contributed by atoms with E-state index in [1.807, 2.05) is 6.07 Å². The van der Waals surface area contributed by atoms with Crippen LogP contribution in [0.5, 0.6) is 0 Å². The molecule has 0 bridgehead atoms. The molecular formula is C17H9F3N8OS. The Bertz CT molecular complexity index is 1200. The molecule has 0 fully saturated rings. The van der Waals surface area contributed by atoms with Gasteiger partial charge in [-0.15, -0.1) is 16.4 Å². The molecule has 9 nitrogen and oxygen atoms in total. The van der Waals surface area contributed by atoms with Crippen molar-refractivity contribution in [1.82, 2.24) is 30.3 Å². The van der Waals surface area contributed by atoms with Gasteiger partial charge >= 0.3 is 12.1 Å². The van der Waals surface area contributed by atoms with Crippen molar-refractivity contribution in [3.8, 4) is 16.8 Å². The summed E-state index contributed by atoms with van der Waals surface area (Å²) in [6.07, 6.45) is 1.15. The van der Waals surface area contributed by atoms with Crippen molar-refractivity contribution in [2.75, 3.05) is 4.90 Å². The molecule has 0 unspecified atom stereocenters. The Kier molecular flexibility index (Phi) is 5.07. The fraction of sp³-hybridized carbons (Fsp3) is 0.118. The summed E-state index contributed by atoms with van der Waals surface area (Å²) in [5.41, 5.74) is 0.312. The standard InChI is InChI=1S/C17H9F3N8OS/c18-17(19,20)16-25-15(27-29-16)12-2-1-11(30-12)9-28(14-8-22-3-4-23-14)13-5-10(6-21)7-24-26-13/h1-5,7-8H,9H2. The van der Waals surface area contributed by atoms with Crippen LogP contribution in [-0.4, -0.2) is 30.3 Å². The van der Waals surface area contributed by atoms with E-state index in [1.54, 1.807) is 23.1 Å².